The highest BCUT2D eigenvalue weighted by Gasteiger charge is 2.10. The monoisotopic (exact) mass is 309 g/mol. The molecule has 0 saturated heterocycles. The summed E-state index contributed by atoms with van der Waals surface area (Å²) in [5, 5.41) is 23.9. The number of carbonyl (C=O) groups excluding carboxylic acids is 1. The van der Waals surface area contributed by atoms with Crippen molar-refractivity contribution in [1.82, 2.24) is 0 Å². The van der Waals surface area contributed by atoms with Crippen LogP contribution in [-0.2, 0) is 4.79 Å². The minimum absolute atomic E-state index is 0.0254. The maximum Gasteiger partial charge on any atom is 0.267 e. The minimum atomic E-state index is -0.583. The summed E-state index contributed by atoms with van der Waals surface area (Å²) < 4.78 is 5.18. The van der Waals surface area contributed by atoms with E-state index in [1.54, 1.807) is 30.3 Å². The van der Waals surface area contributed by atoms with Crippen LogP contribution >= 0.6 is 0 Å². The number of phenolic OH excluding ortho intramolecular Hbond substituents is 1. The van der Waals surface area contributed by atoms with Crippen LogP contribution < -0.4 is 15.4 Å². The van der Waals surface area contributed by atoms with Gasteiger partial charge in [-0.2, -0.15) is 5.26 Å². The molecule has 6 nitrogen and oxygen atoms in total. The molecule has 116 valence electrons. The van der Waals surface area contributed by atoms with Crippen LogP contribution in [0.4, 0.5) is 11.4 Å². The highest BCUT2D eigenvalue weighted by Crippen LogP contribution is 2.23. The van der Waals surface area contributed by atoms with Gasteiger partial charge in [0.1, 0.15) is 23.1 Å². The Hall–Kier alpha value is -3.46. The van der Waals surface area contributed by atoms with Gasteiger partial charge >= 0.3 is 0 Å². The number of nitriles is 1. The Morgan fingerprint density at radius 2 is 2.04 bits per heavy atom. The molecule has 1 amide bonds. The lowest BCUT2D eigenvalue weighted by Crippen LogP contribution is -2.14. The number of carbonyl (C=O) groups is 1. The van der Waals surface area contributed by atoms with E-state index < -0.39 is 5.91 Å². The largest absolute Gasteiger partial charge is 0.508 e. The number of anilines is 2. The number of para-hydroxylation sites is 2. The van der Waals surface area contributed by atoms with Crippen molar-refractivity contribution >= 4 is 17.3 Å². The van der Waals surface area contributed by atoms with Gasteiger partial charge in [0.05, 0.1) is 12.8 Å². The third-order valence-corrected chi connectivity index (χ3v) is 2.95. The van der Waals surface area contributed by atoms with Crippen molar-refractivity contribution < 1.29 is 14.6 Å². The van der Waals surface area contributed by atoms with Gasteiger partial charge in [0, 0.05) is 18.0 Å². The molecule has 23 heavy (non-hydrogen) atoms. The summed E-state index contributed by atoms with van der Waals surface area (Å²) in [6, 6.07) is 15.0. The van der Waals surface area contributed by atoms with Crippen LogP contribution in [0.3, 0.4) is 0 Å². The van der Waals surface area contributed by atoms with Crippen molar-refractivity contribution in [3.05, 3.63) is 60.3 Å². The van der Waals surface area contributed by atoms with Gasteiger partial charge in [0.15, 0.2) is 0 Å². The van der Waals surface area contributed by atoms with Gasteiger partial charge in [-0.1, -0.05) is 18.2 Å². The van der Waals surface area contributed by atoms with Crippen molar-refractivity contribution in [2.45, 2.75) is 0 Å². The fraction of sp³-hybridized carbons (Fsp3) is 0.0588. The number of amides is 1. The number of hydrogen-bond donors (Lipinski definition) is 3. The Morgan fingerprint density at radius 1 is 1.26 bits per heavy atom. The number of benzene rings is 2. The van der Waals surface area contributed by atoms with Crippen LogP contribution in [-0.4, -0.2) is 18.1 Å². The van der Waals surface area contributed by atoms with Crippen LogP contribution in [0.2, 0.25) is 0 Å². The first-order valence-corrected chi connectivity index (χ1v) is 6.74. The number of phenols is 1. The van der Waals surface area contributed by atoms with Crippen LogP contribution in [0.1, 0.15) is 0 Å². The van der Waals surface area contributed by atoms with Crippen molar-refractivity contribution in [3.63, 3.8) is 0 Å². The molecule has 0 aromatic heterocycles. The second-order valence-electron chi connectivity index (χ2n) is 4.52. The molecule has 2 aromatic rings. The average Bonchev–Trinajstić information content (AvgIpc) is 2.55. The first-order valence-electron chi connectivity index (χ1n) is 6.74. The molecule has 0 unspecified atom stereocenters. The molecule has 0 aliphatic rings. The second kappa shape index (κ2) is 7.52. The van der Waals surface area contributed by atoms with Crippen LogP contribution in [0.5, 0.6) is 11.5 Å². The highest BCUT2D eigenvalue weighted by atomic mass is 16.5. The zero-order valence-electron chi connectivity index (χ0n) is 12.4. The zero-order valence-corrected chi connectivity index (χ0v) is 12.4. The summed E-state index contributed by atoms with van der Waals surface area (Å²) in [6.45, 7) is 0. The maximum absolute atomic E-state index is 12.1. The molecule has 0 spiro atoms. The van der Waals surface area contributed by atoms with Crippen molar-refractivity contribution in [3.8, 4) is 17.6 Å². The first-order chi connectivity index (χ1) is 11.1. The van der Waals surface area contributed by atoms with E-state index in [-0.39, 0.29) is 11.3 Å². The van der Waals surface area contributed by atoms with E-state index in [1.165, 1.54) is 25.4 Å². The van der Waals surface area contributed by atoms with Crippen LogP contribution in [0, 0.1) is 11.3 Å². The lowest BCUT2D eigenvalue weighted by molar-refractivity contribution is -0.112. The van der Waals surface area contributed by atoms with E-state index in [4.69, 9.17) is 10.00 Å². The third-order valence-electron chi connectivity index (χ3n) is 2.95. The lowest BCUT2D eigenvalue weighted by atomic mass is 10.2. The molecule has 3 N–H and O–H groups in total. The number of nitrogens with zero attached hydrogens (tertiary/aromatic N) is 1. The van der Waals surface area contributed by atoms with Gasteiger partial charge < -0.3 is 20.5 Å². The summed E-state index contributed by atoms with van der Waals surface area (Å²) in [5.41, 5.74) is 0.917. The van der Waals surface area contributed by atoms with E-state index in [9.17, 15) is 9.90 Å². The quantitative estimate of drug-likeness (QED) is 0.583. The normalized spacial score (nSPS) is 10.5. The minimum Gasteiger partial charge on any atom is -0.508 e. The SMILES string of the molecule is COc1ccccc1N/C=C(/C#N)C(=O)Nc1cccc(O)c1. The van der Waals surface area contributed by atoms with Gasteiger partial charge in [0.25, 0.3) is 5.91 Å². The van der Waals surface area contributed by atoms with Gasteiger partial charge in [0.2, 0.25) is 0 Å². The summed E-state index contributed by atoms with van der Waals surface area (Å²) in [5.74, 6) is 0.0346. The molecule has 6 heteroatoms. The molecule has 0 aliphatic carbocycles. The summed E-state index contributed by atoms with van der Waals surface area (Å²) >= 11 is 0. The number of nitrogens with one attached hydrogen (secondary N) is 2. The molecule has 0 saturated carbocycles. The fourth-order valence-corrected chi connectivity index (χ4v) is 1.84. The van der Waals surface area contributed by atoms with Gasteiger partial charge in [-0.05, 0) is 24.3 Å². The fourth-order valence-electron chi connectivity index (χ4n) is 1.84. The number of aromatic hydroxyl groups is 1. The van der Waals surface area contributed by atoms with Gasteiger partial charge in [-0.15, -0.1) is 0 Å². The van der Waals surface area contributed by atoms with Crippen molar-refractivity contribution in [2.75, 3.05) is 17.7 Å². The van der Waals surface area contributed by atoms with E-state index in [0.717, 1.165) is 0 Å². The van der Waals surface area contributed by atoms with E-state index in [2.05, 4.69) is 10.6 Å². The van der Waals surface area contributed by atoms with Crippen LogP contribution in [0.25, 0.3) is 0 Å². The molecular weight excluding hydrogens is 294 g/mol. The number of ether oxygens (including phenoxy) is 1. The smallest absolute Gasteiger partial charge is 0.267 e. The van der Waals surface area contributed by atoms with Crippen LogP contribution in [0.15, 0.2) is 60.3 Å². The van der Waals surface area contributed by atoms with E-state index in [1.807, 2.05) is 12.1 Å². The van der Waals surface area contributed by atoms with Crippen molar-refractivity contribution in [1.29, 1.82) is 5.26 Å². The molecule has 0 bridgehead atoms. The molecule has 0 radical (unpaired) electrons. The van der Waals surface area contributed by atoms with E-state index >= 15 is 0 Å². The molecule has 0 atom stereocenters. The first kappa shape index (κ1) is 15.9. The Balaban J connectivity index is 2.12. The summed E-state index contributed by atoms with van der Waals surface area (Å²) in [6.07, 6.45) is 1.30. The van der Waals surface area contributed by atoms with Gasteiger partial charge in [-0.25, -0.2) is 0 Å². The highest BCUT2D eigenvalue weighted by molar-refractivity contribution is 6.06. The Morgan fingerprint density at radius 3 is 2.74 bits per heavy atom. The molecular formula is C17H15N3O3. The molecule has 0 aliphatic heterocycles. The average molecular weight is 309 g/mol. The molecule has 2 aromatic carbocycles. The third kappa shape index (κ3) is 4.25. The molecule has 0 fully saturated rings. The molecule has 2 rings (SSSR count). The van der Waals surface area contributed by atoms with E-state index in [0.29, 0.717) is 17.1 Å². The number of methoxy groups -OCH3 is 1. The maximum atomic E-state index is 12.1. The predicted molar refractivity (Wildman–Crippen MR) is 87.0 cm³/mol. The number of rotatable bonds is 5. The topological polar surface area (TPSA) is 94.4 Å². The Kier molecular flexibility index (Phi) is 5.21. The standard InChI is InChI=1S/C17H15N3O3/c1-23-16-8-3-2-7-15(16)19-11-12(10-18)17(22)20-13-5-4-6-14(21)9-13/h2-9,11,19,21H,1H3,(H,20,22)/b12-11-. The lowest BCUT2D eigenvalue weighted by Gasteiger charge is -2.08. The predicted octanol–water partition coefficient (Wildman–Crippen LogP) is 2.86. The molecule has 0 heterocycles. The van der Waals surface area contributed by atoms with Gasteiger partial charge in [-0.3, -0.25) is 4.79 Å². The Labute approximate surface area is 133 Å². The number of hydrogen-bond acceptors (Lipinski definition) is 5. The Bertz CT molecular complexity index is 779. The summed E-state index contributed by atoms with van der Waals surface area (Å²) in [7, 11) is 1.53. The zero-order chi connectivity index (χ0) is 16.7. The second-order valence-corrected chi connectivity index (χ2v) is 4.52. The van der Waals surface area contributed by atoms with Crippen molar-refractivity contribution in [2.24, 2.45) is 0 Å². The summed E-state index contributed by atoms with van der Waals surface area (Å²) in [4.78, 5) is 12.1.